The minimum atomic E-state index is -0.122. The highest BCUT2D eigenvalue weighted by molar-refractivity contribution is 5.81. The number of hydrogen-bond acceptors (Lipinski definition) is 2. The molecule has 102 valence electrons. The lowest BCUT2D eigenvalue weighted by Crippen LogP contribution is -2.42. The Morgan fingerprint density at radius 2 is 1.89 bits per heavy atom. The van der Waals surface area contributed by atoms with Gasteiger partial charge in [0.05, 0.1) is 6.04 Å². The summed E-state index contributed by atoms with van der Waals surface area (Å²) in [5.41, 5.74) is 2.71. The Hall–Kier alpha value is -1.35. The van der Waals surface area contributed by atoms with Crippen molar-refractivity contribution in [2.45, 2.75) is 57.2 Å². The van der Waals surface area contributed by atoms with Crippen LogP contribution in [0.15, 0.2) is 24.3 Å². The fourth-order valence-electron chi connectivity index (χ4n) is 2.24. The highest BCUT2D eigenvalue weighted by Gasteiger charge is 2.25. The van der Waals surface area contributed by atoms with E-state index in [-0.39, 0.29) is 11.9 Å². The average Bonchev–Trinajstić information content (AvgIpc) is 3.28. The molecule has 0 heterocycles. The van der Waals surface area contributed by atoms with Gasteiger partial charge in [-0.25, -0.2) is 0 Å². The van der Waals surface area contributed by atoms with E-state index in [1.54, 1.807) is 0 Å². The van der Waals surface area contributed by atoms with Gasteiger partial charge in [-0.3, -0.25) is 4.79 Å². The summed E-state index contributed by atoms with van der Waals surface area (Å²) >= 11 is 0. The van der Waals surface area contributed by atoms with Crippen LogP contribution in [0.3, 0.4) is 0 Å². The Labute approximate surface area is 114 Å². The van der Waals surface area contributed by atoms with E-state index in [1.165, 1.54) is 24.0 Å². The molecule has 2 aliphatic carbocycles. The van der Waals surface area contributed by atoms with Crippen LogP contribution in [0.5, 0.6) is 0 Å². The lowest BCUT2D eigenvalue weighted by Gasteiger charge is -2.14. The van der Waals surface area contributed by atoms with Crippen molar-refractivity contribution < 1.29 is 4.79 Å². The zero-order valence-corrected chi connectivity index (χ0v) is 11.5. The third-order valence-electron chi connectivity index (χ3n) is 3.96. The fourth-order valence-corrected chi connectivity index (χ4v) is 2.24. The van der Waals surface area contributed by atoms with Crippen LogP contribution in [0.2, 0.25) is 0 Å². The maximum atomic E-state index is 11.8. The van der Waals surface area contributed by atoms with Gasteiger partial charge in [0.1, 0.15) is 0 Å². The van der Waals surface area contributed by atoms with Crippen LogP contribution in [-0.2, 0) is 11.3 Å². The third-order valence-corrected chi connectivity index (χ3v) is 3.96. The number of hydrogen-bond donors (Lipinski definition) is 2. The minimum absolute atomic E-state index is 0.122. The van der Waals surface area contributed by atoms with Gasteiger partial charge >= 0.3 is 0 Å². The van der Waals surface area contributed by atoms with Gasteiger partial charge in [-0.05, 0) is 49.7 Å². The molecule has 1 atom stereocenters. The van der Waals surface area contributed by atoms with E-state index in [0.29, 0.717) is 6.04 Å². The Morgan fingerprint density at radius 3 is 2.47 bits per heavy atom. The van der Waals surface area contributed by atoms with E-state index in [1.807, 2.05) is 6.92 Å². The van der Waals surface area contributed by atoms with Gasteiger partial charge in [-0.1, -0.05) is 24.3 Å². The van der Waals surface area contributed by atoms with E-state index >= 15 is 0 Å². The number of carbonyl (C=O) groups is 1. The van der Waals surface area contributed by atoms with Crippen LogP contribution in [0, 0.1) is 0 Å². The standard InChI is InChI=1S/C16H22N2O/c1-11(16(19)18-15-8-9-15)17-10-12-2-4-13(5-3-12)14-6-7-14/h2-5,11,14-15,17H,6-10H2,1H3,(H,18,19). The molecule has 1 amide bonds. The zero-order chi connectivity index (χ0) is 13.2. The molecule has 0 aromatic heterocycles. The van der Waals surface area contributed by atoms with E-state index in [9.17, 15) is 4.79 Å². The van der Waals surface area contributed by atoms with Crippen molar-refractivity contribution in [1.29, 1.82) is 0 Å². The molecule has 0 spiro atoms. The van der Waals surface area contributed by atoms with Crippen molar-refractivity contribution in [3.05, 3.63) is 35.4 Å². The average molecular weight is 258 g/mol. The lowest BCUT2D eigenvalue weighted by molar-refractivity contribution is -0.122. The monoisotopic (exact) mass is 258 g/mol. The molecule has 1 aromatic rings. The van der Waals surface area contributed by atoms with Crippen LogP contribution in [0.4, 0.5) is 0 Å². The highest BCUT2D eigenvalue weighted by atomic mass is 16.2. The normalized spacial score (nSPS) is 20.1. The van der Waals surface area contributed by atoms with Gasteiger partial charge in [0, 0.05) is 12.6 Å². The molecule has 1 aromatic carbocycles. The summed E-state index contributed by atoms with van der Waals surface area (Å²) in [6.07, 6.45) is 4.97. The smallest absolute Gasteiger partial charge is 0.237 e. The molecule has 0 radical (unpaired) electrons. The van der Waals surface area contributed by atoms with Crippen LogP contribution in [0.1, 0.15) is 49.7 Å². The molecule has 0 aliphatic heterocycles. The van der Waals surface area contributed by atoms with Gasteiger partial charge < -0.3 is 10.6 Å². The highest BCUT2D eigenvalue weighted by Crippen LogP contribution is 2.39. The van der Waals surface area contributed by atoms with Crippen molar-refractivity contribution in [2.24, 2.45) is 0 Å². The van der Waals surface area contributed by atoms with Crippen molar-refractivity contribution in [2.75, 3.05) is 0 Å². The largest absolute Gasteiger partial charge is 0.352 e. The summed E-state index contributed by atoms with van der Waals surface area (Å²) in [5.74, 6) is 0.933. The molecule has 2 saturated carbocycles. The molecule has 1 unspecified atom stereocenters. The molecule has 3 nitrogen and oxygen atoms in total. The second kappa shape index (κ2) is 5.33. The first-order chi connectivity index (χ1) is 9.22. The first kappa shape index (κ1) is 12.7. The topological polar surface area (TPSA) is 41.1 Å². The Bertz CT molecular complexity index is 446. The Balaban J connectivity index is 1.46. The van der Waals surface area contributed by atoms with E-state index in [0.717, 1.165) is 25.3 Å². The summed E-state index contributed by atoms with van der Waals surface area (Å²) < 4.78 is 0. The van der Waals surface area contributed by atoms with Crippen molar-refractivity contribution in [1.82, 2.24) is 10.6 Å². The summed E-state index contributed by atoms with van der Waals surface area (Å²) in [5, 5.41) is 6.30. The molecular weight excluding hydrogens is 236 g/mol. The van der Waals surface area contributed by atoms with Crippen LogP contribution in [0.25, 0.3) is 0 Å². The molecule has 3 heteroatoms. The van der Waals surface area contributed by atoms with Gasteiger partial charge in [-0.15, -0.1) is 0 Å². The number of benzene rings is 1. The first-order valence-corrected chi connectivity index (χ1v) is 7.35. The molecular formula is C16H22N2O. The third kappa shape index (κ3) is 3.57. The van der Waals surface area contributed by atoms with Crippen LogP contribution >= 0.6 is 0 Å². The number of amides is 1. The summed E-state index contributed by atoms with van der Waals surface area (Å²) in [4.78, 5) is 11.8. The number of nitrogens with one attached hydrogen (secondary N) is 2. The van der Waals surface area contributed by atoms with Gasteiger partial charge in [0.25, 0.3) is 0 Å². The minimum Gasteiger partial charge on any atom is -0.352 e. The summed E-state index contributed by atoms with van der Waals surface area (Å²) in [6, 6.07) is 9.12. The van der Waals surface area contributed by atoms with Gasteiger partial charge in [0.15, 0.2) is 0 Å². The maximum Gasteiger partial charge on any atom is 0.237 e. The van der Waals surface area contributed by atoms with Gasteiger partial charge in [0.2, 0.25) is 5.91 Å². The second-order valence-corrected chi connectivity index (χ2v) is 5.90. The lowest BCUT2D eigenvalue weighted by atomic mass is 10.1. The van der Waals surface area contributed by atoms with Crippen LogP contribution < -0.4 is 10.6 Å². The molecule has 0 saturated heterocycles. The van der Waals surface area contributed by atoms with Crippen LogP contribution in [-0.4, -0.2) is 18.0 Å². The zero-order valence-electron chi connectivity index (χ0n) is 11.5. The summed E-state index contributed by atoms with van der Waals surface area (Å²) in [6.45, 7) is 2.68. The maximum absolute atomic E-state index is 11.8. The van der Waals surface area contributed by atoms with Crippen molar-refractivity contribution in [3.8, 4) is 0 Å². The van der Waals surface area contributed by atoms with E-state index in [2.05, 4.69) is 34.9 Å². The van der Waals surface area contributed by atoms with Crippen molar-refractivity contribution in [3.63, 3.8) is 0 Å². The van der Waals surface area contributed by atoms with Gasteiger partial charge in [-0.2, -0.15) is 0 Å². The fraction of sp³-hybridized carbons (Fsp3) is 0.562. The molecule has 2 fully saturated rings. The summed E-state index contributed by atoms with van der Waals surface area (Å²) in [7, 11) is 0. The molecule has 19 heavy (non-hydrogen) atoms. The first-order valence-electron chi connectivity index (χ1n) is 7.35. The predicted octanol–water partition coefficient (Wildman–Crippen LogP) is 2.32. The van der Waals surface area contributed by atoms with Crippen molar-refractivity contribution >= 4 is 5.91 Å². The molecule has 2 N–H and O–H groups in total. The predicted molar refractivity (Wildman–Crippen MR) is 75.9 cm³/mol. The molecule has 2 aliphatic rings. The van der Waals surface area contributed by atoms with E-state index < -0.39 is 0 Å². The van der Waals surface area contributed by atoms with E-state index in [4.69, 9.17) is 0 Å². The SMILES string of the molecule is CC(NCc1ccc(C2CC2)cc1)C(=O)NC1CC1. The number of rotatable bonds is 6. The second-order valence-electron chi connectivity index (χ2n) is 5.90. The molecule has 3 rings (SSSR count). The quantitative estimate of drug-likeness (QED) is 0.822. The number of carbonyl (C=O) groups excluding carboxylic acids is 1. The molecule has 0 bridgehead atoms. The Kier molecular flexibility index (Phi) is 3.56. The Morgan fingerprint density at radius 1 is 1.21 bits per heavy atom.